The SMILES string of the molecule is CCNC(=O)CN1CCCN(c2ccc(C#N)cc2[N+](=O)[O-])CC1. The average molecular weight is 331 g/mol. The minimum Gasteiger partial charge on any atom is -0.365 e. The number of amides is 1. The van der Waals surface area contributed by atoms with E-state index < -0.39 is 4.92 Å². The van der Waals surface area contributed by atoms with Crippen molar-refractivity contribution < 1.29 is 9.72 Å². The van der Waals surface area contributed by atoms with Crippen molar-refractivity contribution in [1.29, 1.82) is 5.26 Å². The maximum Gasteiger partial charge on any atom is 0.293 e. The summed E-state index contributed by atoms with van der Waals surface area (Å²) >= 11 is 0. The second-order valence-electron chi connectivity index (χ2n) is 5.64. The van der Waals surface area contributed by atoms with Crippen molar-refractivity contribution in [1.82, 2.24) is 10.2 Å². The van der Waals surface area contributed by atoms with Gasteiger partial charge in [-0.3, -0.25) is 19.8 Å². The van der Waals surface area contributed by atoms with Crippen LogP contribution in [0, 0.1) is 21.4 Å². The second kappa shape index (κ2) is 8.26. The zero-order valence-corrected chi connectivity index (χ0v) is 13.7. The van der Waals surface area contributed by atoms with Crippen LogP contribution in [-0.2, 0) is 4.79 Å². The summed E-state index contributed by atoms with van der Waals surface area (Å²) in [5, 5.41) is 23.0. The Hall–Kier alpha value is -2.66. The van der Waals surface area contributed by atoms with Crippen LogP contribution in [-0.4, -0.2) is 55.0 Å². The molecule has 0 unspecified atom stereocenters. The molecule has 1 aliphatic rings. The number of nitrogens with one attached hydrogen (secondary N) is 1. The number of nitrogens with zero attached hydrogens (tertiary/aromatic N) is 4. The fraction of sp³-hybridized carbons (Fsp3) is 0.500. The van der Waals surface area contributed by atoms with Gasteiger partial charge in [-0.15, -0.1) is 0 Å². The van der Waals surface area contributed by atoms with Gasteiger partial charge in [0.15, 0.2) is 0 Å². The first kappa shape index (κ1) is 17.7. The van der Waals surface area contributed by atoms with Crippen molar-refractivity contribution in [3.8, 4) is 6.07 Å². The number of hydrogen-bond acceptors (Lipinski definition) is 6. The third-order valence-corrected chi connectivity index (χ3v) is 3.97. The van der Waals surface area contributed by atoms with E-state index in [1.165, 1.54) is 6.07 Å². The Morgan fingerprint density at radius 3 is 2.83 bits per heavy atom. The molecule has 128 valence electrons. The van der Waals surface area contributed by atoms with Gasteiger partial charge in [0.1, 0.15) is 5.69 Å². The zero-order valence-electron chi connectivity index (χ0n) is 13.7. The highest BCUT2D eigenvalue weighted by molar-refractivity contribution is 5.78. The Bertz CT molecular complexity index is 656. The summed E-state index contributed by atoms with van der Waals surface area (Å²) in [6.45, 7) is 5.55. The molecule has 1 N–H and O–H groups in total. The highest BCUT2D eigenvalue weighted by Gasteiger charge is 2.23. The maximum atomic E-state index is 11.7. The lowest BCUT2D eigenvalue weighted by molar-refractivity contribution is -0.384. The lowest BCUT2D eigenvalue weighted by Gasteiger charge is -2.23. The number of nitro groups is 1. The summed E-state index contributed by atoms with van der Waals surface area (Å²) in [4.78, 5) is 26.6. The Kier molecular flexibility index (Phi) is 6.09. The molecule has 24 heavy (non-hydrogen) atoms. The van der Waals surface area contributed by atoms with E-state index in [1.807, 2.05) is 17.9 Å². The number of hydrogen-bond donors (Lipinski definition) is 1. The van der Waals surface area contributed by atoms with Crippen molar-refractivity contribution in [3.05, 3.63) is 33.9 Å². The summed E-state index contributed by atoms with van der Waals surface area (Å²) in [5.41, 5.74) is 0.753. The summed E-state index contributed by atoms with van der Waals surface area (Å²) < 4.78 is 0. The topological polar surface area (TPSA) is 103 Å². The van der Waals surface area contributed by atoms with Crippen LogP contribution in [0.3, 0.4) is 0 Å². The summed E-state index contributed by atoms with van der Waals surface area (Å²) in [6.07, 6.45) is 0.816. The van der Waals surface area contributed by atoms with Crippen LogP contribution in [0.15, 0.2) is 18.2 Å². The summed E-state index contributed by atoms with van der Waals surface area (Å²) in [7, 11) is 0. The number of nitro benzene ring substituents is 1. The largest absolute Gasteiger partial charge is 0.365 e. The normalized spacial score (nSPS) is 15.4. The predicted octanol–water partition coefficient (Wildman–Crippen LogP) is 1.11. The molecule has 0 aromatic heterocycles. The van der Waals surface area contributed by atoms with Gasteiger partial charge in [0, 0.05) is 38.8 Å². The van der Waals surface area contributed by atoms with E-state index in [0.717, 1.165) is 13.0 Å². The Morgan fingerprint density at radius 2 is 2.17 bits per heavy atom. The molecule has 1 saturated heterocycles. The van der Waals surface area contributed by atoms with Crippen LogP contribution in [0.2, 0.25) is 0 Å². The number of carbonyl (C=O) groups excluding carboxylic acids is 1. The molecular weight excluding hydrogens is 310 g/mol. The van der Waals surface area contributed by atoms with Crippen molar-refractivity contribution in [3.63, 3.8) is 0 Å². The molecule has 1 aromatic rings. The van der Waals surface area contributed by atoms with Crippen LogP contribution in [0.1, 0.15) is 18.9 Å². The van der Waals surface area contributed by atoms with Crippen LogP contribution in [0.25, 0.3) is 0 Å². The average Bonchev–Trinajstić information content (AvgIpc) is 2.80. The van der Waals surface area contributed by atoms with Crippen molar-refractivity contribution >= 4 is 17.3 Å². The number of nitriles is 1. The van der Waals surface area contributed by atoms with Crippen LogP contribution >= 0.6 is 0 Å². The number of carbonyl (C=O) groups is 1. The Labute approximate surface area is 140 Å². The van der Waals surface area contributed by atoms with Gasteiger partial charge >= 0.3 is 0 Å². The lowest BCUT2D eigenvalue weighted by atomic mass is 10.1. The Balaban J connectivity index is 2.10. The molecule has 0 aliphatic carbocycles. The van der Waals surface area contributed by atoms with E-state index in [9.17, 15) is 14.9 Å². The second-order valence-corrected chi connectivity index (χ2v) is 5.64. The van der Waals surface area contributed by atoms with E-state index in [0.29, 0.717) is 38.4 Å². The lowest BCUT2D eigenvalue weighted by Crippen LogP contribution is -2.39. The summed E-state index contributed by atoms with van der Waals surface area (Å²) in [6, 6.07) is 6.47. The van der Waals surface area contributed by atoms with Gasteiger partial charge < -0.3 is 10.2 Å². The van der Waals surface area contributed by atoms with E-state index in [1.54, 1.807) is 12.1 Å². The van der Waals surface area contributed by atoms with Gasteiger partial charge in [0.05, 0.1) is 23.1 Å². The predicted molar refractivity (Wildman–Crippen MR) is 89.8 cm³/mol. The molecule has 1 amide bonds. The van der Waals surface area contributed by atoms with Crippen molar-refractivity contribution in [2.75, 3.05) is 44.2 Å². The van der Waals surface area contributed by atoms with Gasteiger partial charge in [-0.25, -0.2) is 0 Å². The number of rotatable bonds is 5. The summed E-state index contributed by atoms with van der Waals surface area (Å²) in [5.74, 6) is -0.00435. The number of anilines is 1. The van der Waals surface area contributed by atoms with Gasteiger partial charge in [0.25, 0.3) is 5.69 Å². The smallest absolute Gasteiger partial charge is 0.293 e. The third-order valence-electron chi connectivity index (χ3n) is 3.97. The van der Waals surface area contributed by atoms with Crippen molar-refractivity contribution in [2.24, 2.45) is 0 Å². The first-order valence-corrected chi connectivity index (χ1v) is 7.97. The monoisotopic (exact) mass is 331 g/mol. The molecule has 1 fully saturated rings. The molecule has 0 saturated carbocycles. The molecule has 1 heterocycles. The van der Waals surface area contributed by atoms with E-state index in [-0.39, 0.29) is 17.2 Å². The van der Waals surface area contributed by atoms with Crippen LogP contribution in [0.4, 0.5) is 11.4 Å². The molecule has 2 rings (SSSR count). The fourth-order valence-electron chi connectivity index (χ4n) is 2.83. The molecule has 8 nitrogen and oxygen atoms in total. The Morgan fingerprint density at radius 1 is 1.38 bits per heavy atom. The molecule has 0 atom stereocenters. The highest BCUT2D eigenvalue weighted by Crippen LogP contribution is 2.29. The minimum absolute atomic E-state index is 0.00435. The standard InChI is InChI=1S/C16H21N5O3/c1-2-18-16(22)12-19-6-3-7-20(9-8-19)14-5-4-13(11-17)10-15(14)21(23)24/h4-5,10H,2-3,6-9,12H2,1H3,(H,18,22). The number of benzene rings is 1. The van der Waals surface area contributed by atoms with Crippen LogP contribution in [0.5, 0.6) is 0 Å². The first-order valence-electron chi connectivity index (χ1n) is 7.97. The molecule has 0 bridgehead atoms. The van der Waals surface area contributed by atoms with Crippen LogP contribution < -0.4 is 10.2 Å². The van der Waals surface area contributed by atoms with E-state index >= 15 is 0 Å². The van der Waals surface area contributed by atoms with E-state index in [4.69, 9.17) is 5.26 Å². The first-order chi connectivity index (χ1) is 11.5. The van der Waals surface area contributed by atoms with Gasteiger partial charge in [-0.2, -0.15) is 5.26 Å². The molecule has 1 aromatic carbocycles. The van der Waals surface area contributed by atoms with Gasteiger partial charge in [-0.05, 0) is 25.5 Å². The van der Waals surface area contributed by atoms with Gasteiger partial charge in [0.2, 0.25) is 5.91 Å². The molecule has 1 aliphatic heterocycles. The molecular formula is C16H21N5O3. The maximum absolute atomic E-state index is 11.7. The highest BCUT2D eigenvalue weighted by atomic mass is 16.6. The molecule has 0 spiro atoms. The minimum atomic E-state index is -0.451. The zero-order chi connectivity index (χ0) is 17.5. The molecule has 8 heteroatoms. The van der Waals surface area contributed by atoms with Gasteiger partial charge in [-0.1, -0.05) is 0 Å². The number of likely N-dealkylation sites (N-methyl/N-ethyl adjacent to an activating group) is 1. The third kappa shape index (κ3) is 4.43. The van der Waals surface area contributed by atoms with E-state index in [2.05, 4.69) is 10.2 Å². The van der Waals surface area contributed by atoms with Crippen molar-refractivity contribution in [2.45, 2.75) is 13.3 Å². The molecule has 0 radical (unpaired) electrons. The quantitative estimate of drug-likeness (QED) is 0.640. The fourth-order valence-corrected chi connectivity index (χ4v) is 2.83.